The first kappa shape index (κ1) is 11.6. The molecule has 0 rings (SSSR count). The second-order valence-corrected chi connectivity index (χ2v) is 1.84. The third kappa shape index (κ3) is 3.36. The van der Waals surface area contributed by atoms with Gasteiger partial charge in [0, 0.05) is 0 Å². The zero-order valence-corrected chi connectivity index (χ0v) is 4.95. The second kappa shape index (κ2) is 4.63. The van der Waals surface area contributed by atoms with E-state index in [1.54, 1.807) is 0 Å². The fourth-order valence-corrected chi connectivity index (χ4v) is 0.150. The highest BCUT2D eigenvalue weighted by atomic mass is 19.0. The fraction of sp³-hybridized carbons (Fsp3) is 1.00. The van der Waals surface area contributed by atoms with E-state index in [2.05, 4.69) is 0 Å². The molecule has 4 nitrogen and oxygen atoms in total. The molecule has 0 saturated heterocycles. The van der Waals surface area contributed by atoms with E-state index in [9.17, 15) is 0 Å². The normalized spacial score (nSPS) is 10.7. The summed E-state index contributed by atoms with van der Waals surface area (Å²) in [5.74, 6) is 0. The topological polar surface area (TPSA) is 86.7 Å². The second-order valence-electron chi connectivity index (χ2n) is 1.84. The molecular weight excluding hydrogens is 129 g/mol. The lowest BCUT2D eigenvalue weighted by molar-refractivity contribution is 0.0698. The van der Waals surface area contributed by atoms with Gasteiger partial charge in [0.2, 0.25) is 0 Å². The monoisotopic (exact) mass is 141 g/mol. The lowest BCUT2D eigenvalue weighted by Gasteiger charge is -2.20. The first-order valence-corrected chi connectivity index (χ1v) is 2.30. The van der Waals surface area contributed by atoms with Gasteiger partial charge >= 0.3 is 0 Å². The molecule has 5 N–H and O–H groups in total. The molecule has 0 aromatic carbocycles. The molecule has 0 radical (unpaired) electrons. The number of rotatable bonds is 3. The number of hydrogen-bond acceptors (Lipinski definition) is 4. The van der Waals surface area contributed by atoms with Gasteiger partial charge in [-0.05, 0) is 0 Å². The van der Waals surface area contributed by atoms with Crippen LogP contribution in [0.25, 0.3) is 0 Å². The molecular formula is C4H12FNO3. The van der Waals surface area contributed by atoms with E-state index >= 15 is 0 Å². The maximum Gasteiger partial charge on any atom is 0.0856 e. The minimum absolute atomic E-state index is 0. The lowest BCUT2D eigenvalue weighted by Crippen LogP contribution is -2.50. The van der Waals surface area contributed by atoms with Gasteiger partial charge in [0.05, 0.1) is 25.4 Å². The van der Waals surface area contributed by atoms with Crippen LogP contribution in [0.5, 0.6) is 0 Å². The van der Waals surface area contributed by atoms with E-state index in [-0.39, 0.29) is 4.70 Å². The average molecular weight is 141 g/mol. The van der Waals surface area contributed by atoms with Crippen molar-refractivity contribution in [3.05, 3.63) is 0 Å². The van der Waals surface area contributed by atoms with Crippen molar-refractivity contribution in [3.8, 4) is 0 Å². The minimum Gasteiger partial charge on any atom is -0.394 e. The zero-order chi connectivity index (χ0) is 6.62. The molecule has 0 bridgehead atoms. The van der Waals surface area contributed by atoms with Gasteiger partial charge in [-0.1, -0.05) is 0 Å². The third-order valence-electron chi connectivity index (χ3n) is 0.945. The molecule has 5 heteroatoms. The number of aliphatic hydroxyl groups is 3. The quantitative estimate of drug-likeness (QED) is 0.359. The number of aliphatic hydroxyl groups excluding tert-OH is 3. The molecule has 0 fully saturated rings. The predicted molar refractivity (Wildman–Crippen MR) is 30.7 cm³/mol. The summed E-state index contributed by atoms with van der Waals surface area (Å²) >= 11 is 0. The van der Waals surface area contributed by atoms with Crippen LogP contribution in [0.2, 0.25) is 0 Å². The molecule has 0 aliphatic rings. The van der Waals surface area contributed by atoms with E-state index in [1.807, 2.05) is 0 Å². The van der Waals surface area contributed by atoms with Crippen LogP contribution in [0.3, 0.4) is 0 Å². The summed E-state index contributed by atoms with van der Waals surface area (Å²) in [6.45, 7) is -1.21. The highest BCUT2D eigenvalue weighted by Gasteiger charge is 2.20. The van der Waals surface area contributed by atoms with E-state index in [0.29, 0.717) is 0 Å². The van der Waals surface area contributed by atoms with E-state index in [1.165, 1.54) is 0 Å². The molecule has 0 aromatic rings. The van der Waals surface area contributed by atoms with E-state index in [0.717, 1.165) is 0 Å². The van der Waals surface area contributed by atoms with Crippen molar-refractivity contribution >= 4 is 0 Å². The summed E-state index contributed by atoms with van der Waals surface area (Å²) in [6, 6.07) is 0. The first-order chi connectivity index (χ1) is 3.68. The summed E-state index contributed by atoms with van der Waals surface area (Å²) in [6.07, 6.45) is 0. The molecule has 0 spiro atoms. The van der Waals surface area contributed by atoms with Gasteiger partial charge in [0.1, 0.15) is 0 Å². The molecule has 0 saturated carbocycles. The van der Waals surface area contributed by atoms with Crippen LogP contribution >= 0.6 is 0 Å². The number of nitrogens with two attached hydrogens (primary N) is 1. The molecule has 0 aromatic heterocycles. The Labute approximate surface area is 52.3 Å². The Morgan fingerprint density at radius 1 is 1.00 bits per heavy atom. The van der Waals surface area contributed by atoms with Crippen molar-refractivity contribution in [2.24, 2.45) is 5.73 Å². The minimum atomic E-state index is -1.21. The van der Waals surface area contributed by atoms with Gasteiger partial charge in [-0.3, -0.25) is 4.70 Å². The molecule has 0 amide bonds. The summed E-state index contributed by atoms with van der Waals surface area (Å²) in [7, 11) is 0. The Balaban J connectivity index is 0. The van der Waals surface area contributed by atoms with Gasteiger partial charge in [-0.15, -0.1) is 0 Å². The highest BCUT2D eigenvalue weighted by Crippen LogP contribution is 1.93. The van der Waals surface area contributed by atoms with Crippen LogP contribution in [0, 0.1) is 0 Å². The Morgan fingerprint density at radius 2 is 1.22 bits per heavy atom. The largest absolute Gasteiger partial charge is 0.394 e. The number of halogens is 1. The molecule has 0 atom stereocenters. The molecule has 0 heterocycles. The third-order valence-corrected chi connectivity index (χ3v) is 0.945. The zero-order valence-electron chi connectivity index (χ0n) is 4.95. The van der Waals surface area contributed by atoms with Crippen LogP contribution in [-0.4, -0.2) is 40.7 Å². The Hall–Kier alpha value is -0.230. The maximum atomic E-state index is 8.34. The van der Waals surface area contributed by atoms with Crippen molar-refractivity contribution in [3.63, 3.8) is 0 Å². The van der Waals surface area contributed by atoms with E-state index in [4.69, 9.17) is 21.1 Å². The van der Waals surface area contributed by atoms with Crippen molar-refractivity contribution < 1.29 is 20.0 Å². The predicted octanol–water partition coefficient (Wildman–Crippen LogP) is -2.19. The molecule has 9 heavy (non-hydrogen) atoms. The van der Waals surface area contributed by atoms with Crippen LogP contribution < -0.4 is 5.73 Å². The van der Waals surface area contributed by atoms with Crippen molar-refractivity contribution in [2.45, 2.75) is 5.54 Å². The molecule has 0 unspecified atom stereocenters. The van der Waals surface area contributed by atoms with Crippen LogP contribution in [-0.2, 0) is 0 Å². The van der Waals surface area contributed by atoms with Gasteiger partial charge in [0.15, 0.2) is 0 Å². The van der Waals surface area contributed by atoms with Crippen LogP contribution in [0.1, 0.15) is 0 Å². The Kier molecular flexibility index (Phi) is 5.94. The average Bonchev–Trinajstić information content (AvgIpc) is 1.87. The van der Waals surface area contributed by atoms with E-state index < -0.39 is 25.4 Å². The molecule has 0 aliphatic heterocycles. The first-order valence-electron chi connectivity index (χ1n) is 2.30. The molecule has 58 valence electrons. The fourth-order valence-electron chi connectivity index (χ4n) is 0.150. The van der Waals surface area contributed by atoms with Gasteiger partial charge in [-0.25, -0.2) is 0 Å². The van der Waals surface area contributed by atoms with Crippen molar-refractivity contribution in [1.82, 2.24) is 0 Å². The van der Waals surface area contributed by atoms with Crippen molar-refractivity contribution in [1.29, 1.82) is 0 Å². The number of hydrogen-bond donors (Lipinski definition) is 4. The highest BCUT2D eigenvalue weighted by molar-refractivity contribution is 4.80. The Bertz CT molecular complexity index is 58.6. The van der Waals surface area contributed by atoms with Crippen molar-refractivity contribution in [2.75, 3.05) is 19.8 Å². The smallest absolute Gasteiger partial charge is 0.0856 e. The maximum absolute atomic E-state index is 8.34. The van der Waals surface area contributed by atoms with Gasteiger partial charge in [-0.2, -0.15) is 0 Å². The standard InChI is InChI=1S/C4H11NO3.FH/c5-4(1-6,2-7)3-8;/h6-8H,1-3,5H2;1H. The summed E-state index contributed by atoms with van der Waals surface area (Å²) in [5, 5.41) is 25.0. The van der Waals surface area contributed by atoms with Gasteiger partial charge < -0.3 is 21.1 Å². The summed E-state index contributed by atoms with van der Waals surface area (Å²) < 4.78 is 0. The van der Waals surface area contributed by atoms with Gasteiger partial charge in [0.25, 0.3) is 0 Å². The van der Waals surface area contributed by atoms with Crippen LogP contribution in [0.15, 0.2) is 0 Å². The summed E-state index contributed by atoms with van der Waals surface area (Å²) in [4.78, 5) is 0. The summed E-state index contributed by atoms with van der Waals surface area (Å²) in [5.41, 5.74) is 3.94. The Morgan fingerprint density at radius 3 is 1.22 bits per heavy atom. The van der Waals surface area contributed by atoms with Crippen LogP contribution in [0.4, 0.5) is 4.70 Å². The molecule has 0 aliphatic carbocycles. The SMILES string of the molecule is F.NC(CO)(CO)CO. The lowest BCUT2D eigenvalue weighted by atomic mass is 10.1.